The van der Waals surface area contributed by atoms with Crippen molar-refractivity contribution in [2.24, 2.45) is 11.8 Å². The van der Waals surface area contributed by atoms with Crippen molar-refractivity contribution in [2.45, 2.75) is 51.6 Å². The van der Waals surface area contributed by atoms with Crippen LogP contribution < -0.4 is 5.32 Å². The average Bonchev–Trinajstić information content (AvgIpc) is 2.93. The predicted molar refractivity (Wildman–Crippen MR) is 82.4 cm³/mol. The lowest BCUT2D eigenvalue weighted by Crippen LogP contribution is -2.31. The van der Waals surface area contributed by atoms with Crippen LogP contribution in [0.25, 0.3) is 0 Å². The van der Waals surface area contributed by atoms with Crippen LogP contribution in [0.1, 0.15) is 38.6 Å². The van der Waals surface area contributed by atoms with E-state index >= 15 is 0 Å². The second-order valence-electron chi connectivity index (χ2n) is 6.42. The van der Waals surface area contributed by atoms with Crippen molar-refractivity contribution in [1.82, 2.24) is 19.8 Å². The van der Waals surface area contributed by atoms with Gasteiger partial charge in [0.25, 0.3) is 0 Å². The highest BCUT2D eigenvalue weighted by Crippen LogP contribution is 2.39. The second kappa shape index (κ2) is 6.06. The maximum absolute atomic E-state index is 12.8. The van der Waals surface area contributed by atoms with Crippen LogP contribution in [0.5, 0.6) is 0 Å². The van der Waals surface area contributed by atoms with E-state index in [-0.39, 0.29) is 6.04 Å². The largest absolute Gasteiger partial charge is 0.309 e. The molecule has 0 bridgehead atoms. The third-order valence-corrected chi connectivity index (χ3v) is 6.10. The molecule has 1 heterocycles. The molecule has 1 aliphatic carbocycles. The Morgan fingerprint density at radius 1 is 1.48 bits per heavy atom. The Balaban J connectivity index is 2.20. The van der Waals surface area contributed by atoms with E-state index in [1.165, 1.54) is 4.31 Å². The Morgan fingerprint density at radius 2 is 2.10 bits per heavy atom. The highest BCUT2D eigenvalue weighted by Gasteiger charge is 2.37. The fraction of sp³-hybridized carbons (Fsp3) is 0.786. The Morgan fingerprint density at radius 3 is 2.62 bits per heavy atom. The van der Waals surface area contributed by atoms with Gasteiger partial charge in [0.2, 0.25) is 10.0 Å². The molecule has 1 fully saturated rings. The number of hydrogen-bond donors (Lipinski definition) is 2. The van der Waals surface area contributed by atoms with Crippen molar-refractivity contribution in [3.05, 3.63) is 11.4 Å². The maximum Gasteiger partial charge on any atom is 0.246 e. The second-order valence-corrected chi connectivity index (χ2v) is 8.40. The highest BCUT2D eigenvalue weighted by molar-refractivity contribution is 7.89. The molecule has 1 saturated carbocycles. The molecule has 6 nitrogen and oxygen atoms in total. The summed E-state index contributed by atoms with van der Waals surface area (Å²) in [5.41, 5.74) is 1.17. The molecule has 2 atom stereocenters. The summed E-state index contributed by atoms with van der Waals surface area (Å²) in [4.78, 5) is 0.325. The van der Waals surface area contributed by atoms with Crippen molar-refractivity contribution in [3.8, 4) is 0 Å². The van der Waals surface area contributed by atoms with Crippen molar-refractivity contribution < 1.29 is 8.42 Å². The molecule has 1 aromatic heterocycles. The summed E-state index contributed by atoms with van der Waals surface area (Å²) in [6.07, 6.45) is 1.12. The van der Waals surface area contributed by atoms with E-state index in [2.05, 4.69) is 22.4 Å². The molecule has 0 amide bonds. The quantitative estimate of drug-likeness (QED) is 0.799. The first kappa shape index (κ1) is 16.5. The van der Waals surface area contributed by atoms with E-state index in [0.29, 0.717) is 41.2 Å². The predicted octanol–water partition coefficient (Wildman–Crippen LogP) is 1.49. The van der Waals surface area contributed by atoms with E-state index in [4.69, 9.17) is 0 Å². The summed E-state index contributed by atoms with van der Waals surface area (Å²) in [5.74, 6) is 1.13. The van der Waals surface area contributed by atoms with Gasteiger partial charge in [-0.15, -0.1) is 0 Å². The number of nitrogens with zero attached hydrogens (tertiary/aromatic N) is 2. The van der Waals surface area contributed by atoms with Gasteiger partial charge in [0.1, 0.15) is 4.90 Å². The monoisotopic (exact) mass is 314 g/mol. The molecular formula is C14H26N4O2S. The molecule has 2 rings (SSSR count). The van der Waals surface area contributed by atoms with Crippen LogP contribution in [-0.2, 0) is 16.6 Å². The SMILES string of the molecule is Cc1[nH]nc(CNC(C)C)c1S(=O)(=O)N(C)CC1CC1C. The molecule has 7 heteroatoms. The number of sulfonamides is 1. The van der Waals surface area contributed by atoms with E-state index in [9.17, 15) is 8.42 Å². The normalized spacial score (nSPS) is 22.2. The van der Waals surface area contributed by atoms with Gasteiger partial charge >= 0.3 is 0 Å². The first-order valence-electron chi connectivity index (χ1n) is 7.47. The number of H-pyrrole nitrogens is 1. The topological polar surface area (TPSA) is 78.1 Å². The summed E-state index contributed by atoms with van der Waals surface area (Å²) < 4.78 is 27.0. The highest BCUT2D eigenvalue weighted by atomic mass is 32.2. The standard InChI is InChI=1S/C14H26N4O2S/c1-9(2)15-7-13-14(11(4)16-17-13)21(19,20)18(5)8-12-6-10(12)3/h9-10,12,15H,6-8H2,1-5H3,(H,16,17). The van der Waals surface area contributed by atoms with Gasteiger partial charge in [-0.1, -0.05) is 20.8 Å². The lowest BCUT2D eigenvalue weighted by molar-refractivity contribution is 0.443. The van der Waals surface area contributed by atoms with Crippen LogP contribution in [0.4, 0.5) is 0 Å². The summed E-state index contributed by atoms with van der Waals surface area (Å²) in [6.45, 7) is 9.00. The molecule has 2 unspecified atom stereocenters. The van der Waals surface area contributed by atoms with Crippen LogP contribution in [0.2, 0.25) is 0 Å². The molecular weight excluding hydrogens is 288 g/mol. The Kier molecular flexibility index (Phi) is 4.75. The number of aromatic nitrogens is 2. The third-order valence-electron chi connectivity index (χ3n) is 4.08. The Labute approximate surface area is 127 Å². The number of rotatable bonds is 7. The number of aryl methyl sites for hydroxylation is 1. The van der Waals surface area contributed by atoms with Gasteiger partial charge in [-0.3, -0.25) is 5.10 Å². The van der Waals surface area contributed by atoms with Crippen molar-refractivity contribution in [1.29, 1.82) is 0 Å². The maximum atomic E-state index is 12.8. The van der Waals surface area contributed by atoms with Gasteiger partial charge in [0.05, 0.1) is 11.4 Å². The molecule has 1 aliphatic rings. The summed E-state index contributed by atoms with van der Waals surface area (Å²) >= 11 is 0. The van der Waals surface area contributed by atoms with Gasteiger partial charge in [0, 0.05) is 26.2 Å². The van der Waals surface area contributed by atoms with Gasteiger partial charge in [-0.25, -0.2) is 12.7 Å². The van der Waals surface area contributed by atoms with E-state index in [0.717, 1.165) is 6.42 Å². The minimum absolute atomic E-state index is 0.280. The minimum atomic E-state index is -3.48. The molecule has 0 aliphatic heterocycles. The fourth-order valence-corrected chi connectivity index (χ4v) is 4.02. The van der Waals surface area contributed by atoms with Gasteiger partial charge in [-0.2, -0.15) is 5.10 Å². The Hall–Kier alpha value is -0.920. The van der Waals surface area contributed by atoms with Gasteiger partial charge in [0.15, 0.2) is 0 Å². The zero-order chi connectivity index (χ0) is 15.8. The summed E-state index contributed by atoms with van der Waals surface area (Å²) in [7, 11) is -1.82. The van der Waals surface area contributed by atoms with Gasteiger partial charge in [-0.05, 0) is 25.2 Å². The van der Waals surface area contributed by atoms with Crippen LogP contribution in [0.15, 0.2) is 4.90 Å². The third kappa shape index (κ3) is 3.64. The minimum Gasteiger partial charge on any atom is -0.309 e. The van der Waals surface area contributed by atoms with Crippen LogP contribution in [0.3, 0.4) is 0 Å². The molecule has 120 valence electrons. The van der Waals surface area contributed by atoms with Crippen molar-refractivity contribution >= 4 is 10.0 Å². The van der Waals surface area contributed by atoms with E-state index < -0.39 is 10.0 Å². The number of aromatic amines is 1. The van der Waals surface area contributed by atoms with Crippen LogP contribution in [0, 0.1) is 18.8 Å². The van der Waals surface area contributed by atoms with Crippen molar-refractivity contribution in [2.75, 3.05) is 13.6 Å². The number of hydrogen-bond acceptors (Lipinski definition) is 4. The zero-order valence-corrected chi connectivity index (χ0v) is 14.3. The van der Waals surface area contributed by atoms with Crippen LogP contribution >= 0.6 is 0 Å². The number of nitrogens with one attached hydrogen (secondary N) is 2. The molecule has 2 N–H and O–H groups in total. The van der Waals surface area contributed by atoms with Gasteiger partial charge < -0.3 is 5.32 Å². The Bertz CT molecular complexity index is 594. The summed E-state index contributed by atoms with van der Waals surface area (Å²) in [6, 6.07) is 0.280. The van der Waals surface area contributed by atoms with E-state index in [1.807, 2.05) is 13.8 Å². The molecule has 21 heavy (non-hydrogen) atoms. The summed E-state index contributed by atoms with van der Waals surface area (Å²) in [5, 5.41) is 10.2. The smallest absolute Gasteiger partial charge is 0.246 e. The molecule has 1 aromatic rings. The zero-order valence-electron chi connectivity index (χ0n) is 13.5. The first-order chi connectivity index (χ1) is 9.73. The van der Waals surface area contributed by atoms with E-state index in [1.54, 1.807) is 14.0 Å². The average molecular weight is 314 g/mol. The molecule has 0 radical (unpaired) electrons. The molecule has 0 aromatic carbocycles. The molecule has 0 spiro atoms. The van der Waals surface area contributed by atoms with Crippen molar-refractivity contribution in [3.63, 3.8) is 0 Å². The van der Waals surface area contributed by atoms with Crippen LogP contribution in [-0.4, -0.2) is 42.6 Å². The first-order valence-corrected chi connectivity index (χ1v) is 8.91. The lowest BCUT2D eigenvalue weighted by Gasteiger charge is -2.18. The lowest BCUT2D eigenvalue weighted by atomic mass is 10.3. The fourth-order valence-electron chi connectivity index (χ4n) is 2.47. The molecule has 0 saturated heterocycles.